The molecule has 4 saturated carbocycles. The summed E-state index contributed by atoms with van der Waals surface area (Å²) < 4.78 is 4.84. The van der Waals surface area contributed by atoms with Crippen LogP contribution in [0.1, 0.15) is 72.2 Å². The molecule has 4 aliphatic rings. The Kier molecular flexibility index (Phi) is 4.96. The molecule has 0 aliphatic heterocycles. The quantitative estimate of drug-likeness (QED) is 0.252. The van der Waals surface area contributed by atoms with Gasteiger partial charge in [-0.05, 0) is 148 Å². The maximum absolute atomic E-state index is 13.5. The highest BCUT2D eigenvalue weighted by atomic mass is 32.1. The van der Waals surface area contributed by atoms with E-state index in [0.717, 1.165) is 49.5 Å². The largest absolute Gasteiger partial charge is 0.318 e. The maximum Gasteiger partial charge on any atom is 0.274 e. The molecule has 2 aromatic carbocycles. The predicted molar refractivity (Wildman–Crippen MR) is 160 cm³/mol. The molecule has 9 rings (SSSR count). The van der Waals surface area contributed by atoms with Gasteiger partial charge in [0.25, 0.3) is 5.56 Å². The number of aryl methyl sites for hydroxylation is 3. The highest BCUT2D eigenvalue weighted by Gasteiger charge is 2.51. The summed E-state index contributed by atoms with van der Waals surface area (Å²) in [5.41, 5.74) is 10.8. The molecule has 4 nitrogen and oxygen atoms in total. The Bertz CT molecular complexity index is 1870. The lowest BCUT2D eigenvalue weighted by atomic mass is 9.48. The van der Waals surface area contributed by atoms with Gasteiger partial charge in [0.15, 0.2) is 4.96 Å². The van der Waals surface area contributed by atoms with Gasteiger partial charge in [0.2, 0.25) is 0 Å². The molecule has 3 aromatic heterocycles. The third kappa shape index (κ3) is 3.48. The summed E-state index contributed by atoms with van der Waals surface area (Å²) in [5.74, 6) is 2.88. The van der Waals surface area contributed by atoms with Crippen LogP contribution in [-0.2, 0) is 5.41 Å². The zero-order valence-corrected chi connectivity index (χ0v) is 24.1. The SMILES string of the molecule is Cc1cc2nc3s/c(=C\c4cc(C)n(-c5ccc(C67CC8CC(CC(C8)C6)C7)cc5)c4C)c(=O)n3c2cc1C. The fourth-order valence-corrected chi connectivity index (χ4v) is 9.80. The number of fused-ring (bicyclic) bond motifs is 3. The van der Waals surface area contributed by atoms with Crippen molar-refractivity contribution in [3.63, 3.8) is 0 Å². The van der Waals surface area contributed by atoms with Crippen LogP contribution in [0.5, 0.6) is 0 Å². The highest BCUT2D eigenvalue weighted by Crippen LogP contribution is 2.60. The van der Waals surface area contributed by atoms with Gasteiger partial charge in [0.1, 0.15) is 0 Å². The third-order valence-electron chi connectivity index (χ3n) is 10.4. The van der Waals surface area contributed by atoms with Crippen LogP contribution in [0.3, 0.4) is 0 Å². The lowest BCUT2D eigenvalue weighted by molar-refractivity contribution is -0.00518. The molecule has 39 heavy (non-hydrogen) atoms. The van der Waals surface area contributed by atoms with E-state index in [1.807, 2.05) is 0 Å². The molecule has 0 N–H and O–H groups in total. The van der Waals surface area contributed by atoms with Gasteiger partial charge < -0.3 is 4.57 Å². The summed E-state index contributed by atoms with van der Waals surface area (Å²) in [6.45, 7) is 8.50. The number of imidazole rings is 1. The van der Waals surface area contributed by atoms with Crippen LogP contribution in [0.2, 0.25) is 0 Å². The summed E-state index contributed by atoms with van der Waals surface area (Å²) >= 11 is 1.48. The minimum absolute atomic E-state index is 0.0190. The van der Waals surface area contributed by atoms with Gasteiger partial charge >= 0.3 is 0 Å². The average Bonchev–Trinajstić information content (AvgIpc) is 3.48. The summed E-state index contributed by atoms with van der Waals surface area (Å²) in [7, 11) is 0. The van der Waals surface area contributed by atoms with Crippen molar-refractivity contribution in [3.05, 3.63) is 91.0 Å². The summed E-state index contributed by atoms with van der Waals surface area (Å²) in [5, 5.41) is 0. The van der Waals surface area contributed by atoms with E-state index in [1.54, 1.807) is 9.96 Å². The Labute approximate surface area is 233 Å². The van der Waals surface area contributed by atoms with Crippen molar-refractivity contribution in [3.8, 4) is 5.69 Å². The normalized spacial score (nSPS) is 26.5. The third-order valence-corrected chi connectivity index (χ3v) is 11.4. The Morgan fingerprint density at radius 2 is 1.54 bits per heavy atom. The summed E-state index contributed by atoms with van der Waals surface area (Å²) in [6, 6.07) is 15.9. The second-order valence-corrected chi connectivity index (χ2v) is 14.0. The number of nitrogens with zero attached hydrogens (tertiary/aromatic N) is 3. The minimum atomic E-state index is 0.0190. The molecule has 0 radical (unpaired) electrons. The van der Waals surface area contributed by atoms with Gasteiger partial charge in [-0.15, -0.1) is 0 Å². The van der Waals surface area contributed by atoms with E-state index < -0.39 is 0 Å². The number of rotatable bonds is 3. The van der Waals surface area contributed by atoms with Crippen LogP contribution in [0.25, 0.3) is 27.8 Å². The van der Waals surface area contributed by atoms with Crippen LogP contribution < -0.4 is 10.1 Å². The number of benzene rings is 2. The van der Waals surface area contributed by atoms with Crippen molar-refractivity contribution in [2.45, 2.75) is 71.6 Å². The molecule has 0 atom stereocenters. The first kappa shape index (κ1) is 23.7. The predicted octanol–water partition coefficient (Wildman–Crippen LogP) is 6.95. The number of thiazole rings is 1. The van der Waals surface area contributed by atoms with Gasteiger partial charge in [-0.1, -0.05) is 23.5 Å². The van der Waals surface area contributed by atoms with Gasteiger partial charge in [0, 0.05) is 17.1 Å². The molecule has 4 fully saturated rings. The summed E-state index contributed by atoms with van der Waals surface area (Å²) in [6.07, 6.45) is 10.7. The van der Waals surface area contributed by atoms with E-state index in [1.165, 1.54) is 72.4 Å². The number of aromatic nitrogens is 3. The van der Waals surface area contributed by atoms with E-state index in [4.69, 9.17) is 4.98 Å². The second kappa shape index (κ2) is 8.17. The number of hydrogen-bond donors (Lipinski definition) is 0. The molecular weight excluding hydrogens is 498 g/mol. The summed E-state index contributed by atoms with van der Waals surface area (Å²) in [4.78, 5) is 19.0. The first-order valence-corrected chi connectivity index (χ1v) is 15.3. The van der Waals surface area contributed by atoms with Crippen molar-refractivity contribution < 1.29 is 0 Å². The molecule has 0 saturated heterocycles. The average molecular weight is 534 g/mol. The van der Waals surface area contributed by atoms with Crippen LogP contribution in [0.15, 0.2) is 47.3 Å². The minimum Gasteiger partial charge on any atom is -0.318 e. The van der Waals surface area contributed by atoms with Gasteiger partial charge in [-0.2, -0.15) is 0 Å². The van der Waals surface area contributed by atoms with Crippen LogP contribution in [-0.4, -0.2) is 14.0 Å². The fourth-order valence-electron chi connectivity index (χ4n) is 8.82. The lowest BCUT2D eigenvalue weighted by Crippen LogP contribution is -2.48. The van der Waals surface area contributed by atoms with E-state index in [0.29, 0.717) is 5.41 Å². The molecular formula is C34H35N3OS. The molecule has 5 heteroatoms. The Balaban J connectivity index is 1.16. The van der Waals surface area contributed by atoms with Crippen LogP contribution in [0.4, 0.5) is 0 Å². The van der Waals surface area contributed by atoms with E-state index >= 15 is 0 Å². The highest BCUT2D eigenvalue weighted by molar-refractivity contribution is 7.15. The molecule has 4 aliphatic carbocycles. The molecule has 3 heterocycles. The monoisotopic (exact) mass is 533 g/mol. The van der Waals surface area contributed by atoms with E-state index in [9.17, 15) is 4.79 Å². The zero-order chi connectivity index (χ0) is 26.6. The topological polar surface area (TPSA) is 39.3 Å². The van der Waals surface area contributed by atoms with Gasteiger partial charge in [-0.3, -0.25) is 4.79 Å². The molecule has 198 valence electrons. The Hall–Kier alpha value is -3.18. The van der Waals surface area contributed by atoms with Crippen LogP contribution >= 0.6 is 11.3 Å². The molecule has 0 amide bonds. The standard InChI is InChI=1S/C34H35N3OS/c1-19-9-29-30(10-20(19)2)37-32(38)31(39-33(37)35-29)15-26-11-21(3)36(22(26)4)28-7-5-27(6-8-28)34-16-23-12-24(17-34)14-25(13-23)18-34/h5-11,15,23-25H,12-14,16-18H2,1-4H3/b31-15-. The Morgan fingerprint density at radius 1 is 0.897 bits per heavy atom. The molecule has 0 unspecified atom stereocenters. The molecule has 5 aromatic rings. The van der Waals surface area contributed by atoms with Crippen molar-refractivity contribution in [2.75, 3.05) is 0 Å². The van der Waals surface area contributed by atoms with Crippen LogP contribution in [0, 0.1) is 45.4 Å². The Morgan fingerprint density at radius 3 is 2.21 bits per heavy atom. The van der Waals surface area contributed by atoms with Crippen molar-refractivity contribution >= 4 is 33.4 Å². The second-order valence-electron chi connectivity index (χ2n) is 13.0. The van der Waals surface area contributed by atoms with E-state index in [2.05, 4.69) is 80.8 Å². The van der Waals surface area contributed by atoms with Crippen molar-refractivity contribution in [1.82, 2.24) is 14.0 Å². The van der Waals surface area contributed by atoms with Crippen molar-refractivity contribution in [2.24, 2.45) is 17.8 Å². The molecule has 0 spiro atoms. The fraction of sp³-hybridized carbons (Fsp3) is 0.412. The maximum atomic E-state index is 13.5. The first-order valence-electron chi connectivity index (χ1n) is 14.5. The molecule has 4 bridgehead atoms. The number of hydrogen-bond acceptors (Lipinski definition) is 3. The van der Waals surface area contributed by atoms with Crippen molar-refractivity contribution in [1.29, 1.82) is 0 Å². The lowest BCUT2D eigenvalue weighted by Gasteiger charge is -2.57. The van der Waals surface area contributed by atoms with E-state index in [-0.39, 0.29) is 5.56 Å². The first-order chi connectivity index (χ1) is 18.8. The van der Waals surface area contributed by atoms with Gasteiger partial charge in [0.05, 0.1) is 15.6 Å². The smallest absolute Gasteiger partial charge is 0.274 e. The van der Waals surface area contributed by atoms with Gasteiger partial charge in [-0.25, -0.2) is 9.38 Å². The zero-order valence-electron chi connectivity index (χ0n) is 23.3.